The van der Waals surface area contributed by atoms with Crippen molar-refractivity contribution in [1.29, 1.82) is 0 Å². The molecule has 1 aromatic carbocycles. The summed E-state index contributed by atoms with van der Waals surface area (Å²) in [6.45, 7) is 3.09. The minimum Gasteiger partial charge on any atom is -0.352 e. The number of hydrogen-bond acceptors (Lipinski definition) is 4. The molecule has 2 heterocycles. The standard InChI is InChI=1S/C21H24FN5O2/c1-13-16-6-3-7-17(16)26-18(25-13)8-9-24-21(29)27-11-10-23-20(28)19(27)14-4-2-5-15(22)12-14/h2,4-5,12,19H,3,6-11H2,1H3,(H,23,28)(H,24,29). The number of carbonyl (C=O) groups is 2. The van der Waals surface area contributed by atoms with Crippen molar-refractivity contribution in [3.05, 3.63) is 58.4 Å². The van der Waals surface area contributed by atoms with Crippen LogP contribution in [0.1, 0.15) is 40.8 Å². The molecule has 1 aromatic heterocycles. The molecule has 4 rings (SSSR count). The maximum absolute atomic E-state index is 13.6. The van der Waals surface area contributed by atoms with Crippen LogP contribution in [0.2, 0.25) is 0 Å². The zero-order chi connectivity index (χ0) is 20.4. The highest BCUT2D eigenvalue weighted by Gasteiger charge is 2.34. The van der Waals surface area contributed by atoms with Crippen LogP contribution in [0.4, 0.5) is 9.18 Å². The van der Waals surface area contributed by atoms with Gasteiger partial charge in [0.25, 0.3) is 0 Å². The molecule has 0 saturated carbocycles. The largest absolute Gasteiger partial charge is 0.352 e. The molecule has 1 aliphatic heterocycles. The first-order valence-electron chi connectivity index (χ1n) is 9.96. The van der Waals surface area contributed by atoms with E-state index < -0.39 is 11.9 Å². The molecular weight excluding hydrogens is 373 g/mol. The lowest BCUT2D eigenvalue weighted by atomic mass is 10.0. The van der Waals surface area contributed by atoms with Crippen molar-refractivity contribution < 1.29 is 14.0 Å². The molecular formula is C21H24FN5O2. The molecule has 0 spiro atoms. The fourth-order valence-electron chi connectivity index (χ4n) is 4.07. The molecule has 1 unspecified atom stereocenters. The summed E-state index contributed by atoms with van der Waals surface area (Å²) < 4.78 is 13.6. The van der Waals surface area contributed by atoms with Crippen LogP contribution >= 0.6 is 0 Å². The number of fused-ring (bicyclic) bond motifs is 1. The van der Waals surface area contributed by atoms with E-state index in [2.05, 4.69) is 20.6 Å². The summed E-state index contributed by atoms with van der Waals surface area (Å²) in [5.41, 5.74) is 3.86. The number of aromatic nitrogens is 2. The SMILES string of the molecule is Cc1nc(CCNC(=O)N2CCNC(=O)C2c2cccc(F)c2)nc2c1CCC2. The third-order valence-electron chi connectivity index (χ3n) is 5.45. The monoisotopic (exact) mass is 397 g/mol. The lowest BCUT2D eigenvalue weighted by Gasteiger charge is -2.35. The average Bonchev–Trinajstić information content (AvgIpc) is 3.17. The van der Waals surface area contributed by atoms with Gasteiger partial charge in [-0.1, -0.05) is 12.1 Å². The molecule has 2 N–H and O–H groups in total. The van der Waals surface area contributed by atoms with Gasteiger partial charge in [-0.25, -0.2) is 19.2 Å². The molecule has 1 aliphatic carbocycles. The number of rotatable bonds is 4. The number of urea groups is 1. The molecule has 3 amide bonds. The van der Waals surface area contributed by atoms with Crippen molar-refractivity contribution in [2.45, 2.75) is 38.6 Å². The van der Waals surface area contributed by atoms with E-state index in [1.807, 2.05) is 6.92 Å². The first-order chi connectivity index (χ1) is 14.0. The molecule has 8 heteroatoms. The molecule has 7 nitrogen and oxygen atoms in total. The molecule has 2 aromatic rings. The van der Waals surface area contributed by atoms with Crippen LogP contribution in [0.25, 0.3) is 0 Å². The smallest absolute Gasteiger partial charge is 0.318 e. The lowest BCUT2D eigenvalue weighted by molar-refractivity contribution is -0.127. The lowest BCUT2D eigenvalue weighted by Crippen LogP contribution is -2.55. The number of aryl methyl sites for hydroxylation is 2. The van der Waals surface area contributed by atoms with Crippen LogP contribution in [0.5, 0.6) is 0 Å². The molecule has 29 heavy (non-hydrogen) atoms. The Labute approximate surface area is 168 Å². The number of halogens is 1. The summed E-state index contributed by atoms with van der Waals surface area (Å²) in [4.78, 5) is 35.8. The van der Waals surface area contributed by atoms with Crippen molar-refractivity contribution >= 4 is 11.9 Å². The van der Waals surface area contributed by atoms with Crippen molar-refractivity contribution in [2.24, 2.45) is 0 Å². The summed E-state index contributed by atoms with van der Waals surface area (Å²) >= 11 is 0. The summed E-state index contributed by atoms with van der Waals surface area (Å²) in [6.07, 6.45) is 3.65. The Morgan fingerprint density at radius 3 is 3.03 bits per heavy atom. The first kappa shape index (κ1) is 19.3. The third-order valence-corrected chi connectivity index (χ3v) is 5.45. The van der Waals surface area contributed by atoms with Crippen LogP contribution < -0.4 is 10.6 Å². The van der Waals surface area contributed by atoms with Gasteiger partial charge in [0.1, 0.15) is 17.7 Å². The van der Waals surface area contributed by atoms with E-state index in [4.69, 9.17) is 0 Å². The zero-order valence-corrected chi connectivity index (χ0v) is 16.4. The van der Waals surface area contributed by atoms with Gasteiger partial charge in [-0.2, -0.15) is 0 Å². The maximum Gasteiger partial charge on any atom is 0.318 e. The van der Waals surface area contributed by atoms with Crippen molar-refractivity contribution in [2.75, 3.05) is 19.6 Å². The van der Waals surface area contributed by atoms with E-state index in [0.717, 1.165) is 36.5 Å². The van der Waals surface area contributed by atoms with Crippen LogP contribution in [-0.2, 0) is 24.1 Å². The average molecular weight is 397 g/mol. The van der Waals surface area contributed by atoms with Gasteiger partial charge < -0.3 is 15.5 Å². The van der Waals surface area contributed by atoms with E-state index >= 15 is 0 Å². The molecule has 1 fully saturated rings. The zero-order valence-electron chi connectivity index (χ0n) is 16.4. The Morgan fingerprint density at radius 1 is 1.34 bits per heavy atom. The summed E-state index contributed by atoms with van der Waals surface area (Å²) in [6, 6.07) is 4.59. The summed E-state index contributed by atoms with van der Waals surface area (Å²) in [5.74, 6) is -0.0264. The number of nitrogens with zero attached hydrogens (tertiary/aromatic N) is 3. The highest BCUT2D eigenvalue weighted by Crippen LogP contribution is 2.24. The van der Waals surface area contributed by atoms with Gasteiger partial charge in [-0.15, -0.1) is 0 Å². The van der Waals surface area contributed by atoms with Gasteiger partial charge in [0.05, 0.1) is 0 Å². The topological polar surface area (TPSA) is 87.2 Å². The van der Waals surface area contributed by atoms with E-state index in [9.17, 15) is 14.0 Å². The molecule has 0 bridgehead atoms. The molecule has 1 atom stereocenters. The van der Waals surface area contributed by atoms with Gasteiger partial charge in [0, 0.05) is 37.4 Å². The summed E-state index contributed by atoms with van der Waals surface area (Å²) in [5, 5.41) is 5.60. The quantitative estimate of drug-likeness (QED) is 0.824. The minimum atomic E-state index is -0.849. The Hall–Kier alpha value is -3.03. The fourth-order valence-corrected chi connectivity index (χ4v) is 4.07. The number of piperazine rings is 1. The predicted molar refractivity (Wildman–Crippen MR) is 105 cm³/mol. The van der Waals surface area contributed by atoms with Crippen LogP contribution in [0.15, 0.2) is 24.3 Å². The van der Waals surface area contributed by atoms with E-state index in [1.54, 1.807) is 6.07 Å². The van der Waals surface area contributed by atoms with Crippen molar-refractivity contribution in [3.8, 4) is 0 Å². The Balaban J connectivity index is 1.42. The second-order valence-electron chi connectivity index (χ2n) is 7.43. The van der Waals surface area contributed by atoms with Crippen LogP contribution in [0, 0.1) is 12.7 Å². The van der Waals surface area contributed by atoms with Crippen LogP contribution in [0.3, 0.4) is 0 Å². The van der Waals surface area contributed by atoms with Gasteiger partial charge in [-0.05, 0) is 49.4 Å². The maximum atomic E-state index is 13.6. The van der Waals surface area contributed by atoms with E-state index in [-0.39, 0.29) is 11.9 Å². The van der Waals surface area contributed by atoms with Crippen LogP contribution in [-0.4, -0.2) is 46.4 Å². The third kappa shape index (κ3) is 4.06. The number of hydrogen-bond donors (Lipinski definition) is 2. The molecule has 0 radical (unpaired) electrons. The Morgan fingerprint density at radius 2 is 2.21 bits per heavy atom. The molecule has 152 valence electrons. The molecule has 1 saturated heterocycles. The number of nitrogens with one attached hydrogen (secondary N) is 2. The number of benzene rings is 1. The first-order valence-corrected chi connectivity index (χ1v) is 9.96. The second kappa shape index (κ2) is 8.14. The number of carbonyl (C=O) groups excluding carboxylic acids is 2. The van der Waals surface area contributed by atoms with Gasteiger partial charge >= 0.3 is 6.03 Å². The fraction of sp³-hybridized carbons (Fsp3) is 0.429. The molecule has 2 aliphatic rings. The van der Waals surface area contributed by atoms with Gasteiger partial charge in [0.2, 0.25) is 5.91 Å². The Kier molecular flexibility index (Phi) is 5.42. The Bertz CT molecular complexity index is 949. The normalized spacial score (nSPS) is 18.3. The predicted octanol–water partition coefficient (Wildman–Crippen LogP) is 1.84. The van der Waals surface area contributed by atoms with E-state index in [1.165, 1.54) is 28.7 Å². The van der Waals surface area contributed by atoms with Gasteiger partial charge in [0.15, 0.2) is 0 Å². The minimum absolute atomic E-state index is 0.311. The number of amides is 3. The van der Waals surface area contributed by atoms with Crippen molar-refractivity contribution in [1.82, 2.24) is 25.5 Å². The highest BCUT2D eigenvalue weighted by molar-refractivity contribution is 5.89. The van der Waals surface area contributed by atoms with Gasteiger partial charge in [-0.3, -0.25) is 4.79 Å². The van der Waals surface area contributed by atoms with E-state index in [0.29, 0.717) is 31.6 Å². The van der Waals surface area contributed by atoms with Crippen molar-refractivity contribution in [3.63, 3.8) is 0 Å². The highest BCUT2D eigenvalue weighted by atomic mass is 19.1. The second-order valence-corrected chi connectivity index (χ2v) is 7.43. The summed E-state index contributed by atoms with van der Waals surface area (Å²) in [7, 11) is 0.